The van der Waals surface area contributed by atoms with E-state index in [1.54, 1.807) is 24.3 Å². The van der Waals surface area contributed by atoms with Gasteiger partial charge in [0.25, 0.3) is 5.91 Å². The van der Waals surface area contributed by atoms with Crippen LogP contribution >= 0.6 is 0 Å². The molecule has 0 radical (unpaired) electrons. The zero-order valence-corrected chi connectivity index (χ0v) is 15.7. The molecule has 0 saturated heterocycles. The number of hydrogen-bond acceptors (Lipinski definition) is 4. The molecule has 1 aromatic carbocycles. The van der Waals surface area contributed by atoms with E-state index in [9.17, 15) is 13.2 Å². The van der Waals surface area contributed by atoms with Gasteiger partial charge in [0.1, 0.15) is 5.75 Å². The fourth-order valence-corrected chi connectivity index (χ4v) is 2.62. The van der Waals surface area contributed by atoms with Crippen molar-refractivity contribution >= 4 is 21.6 Å². The number of benzene rings is 1. The monoisotopic (exact) mass is 356 g/mol. The lowest BCUT2D eigenvalue weighted by molar-refractivity contribution is -0.128. The maximum Gasteiger partial charge on any atom is 0.261 e. The fraction of sp³-hybridized carbons (Fsp3) is 0.588. The molecular weight excluding hydrogens is 328 g/mol. The van der Waals surface area contributed by atoms with Crippen LogP contribution in [0.3, 0.4) is 0 Å². The molecule has 0 aliphatic heterocycles. The molecule has 1 atom stereocenters. The molecule has 24 heavy (non-hydrogen) atoms. The first-order valence-corrected chi connectivity index (χ1v) is 10.1. The standard InChI is InChI=1S/C17H28N2O4S/c1-5-7-8-13-18-17(20)16(6-2)23-15-11-9-14(10-12-15)19(3)24(4,21)22/h9-12,16H,5-8,13H2,1-4H3,(H,18,20)/t16-/m1/s1. The SMILES string of the molecule is CCCCCNC(=O)[C@@H](CC)Oc1ccc(N(C)S(C)(=O)=O)cc1. The first-order chi connectivity index (χ1) is 11.3. The quantitative estimate of drug-likeness (QED) is 0.654. The zero-order chi connectivity index (χ0) is 18.2. The Bertz CT molecular complexity index is 614. The normalized spacial score (nSPS) is 12.5. The summed E-state index contributed by atoms with van der Waals surface area (Å²) in [5, 5.41) is 2.89. The first-order valence-electron chi connectivity index (χ1n) is 8.27. The van der Waals surface area contributed by atoms with Crippen LogP contribution in [0.2, 0.25) is 0 Å². The van der Waals surface area contributed by atoms with Crippen LogP contribution in [0.1, 0.15) is 39.5 Å². The second kappa shape index (κ2) is 9.52. The van der Waals surface area contributed by atoms with Crippen LogP contribution in [0.4, 0.5) is 5.69 Å². The van der Waals surface area contributed by atoms with Crippen LogP contribution < -0.4 is 14.4 Å². The van der Waals surface area contributed by atoms with E-state index in [-0.39, 0.29) is 5.91 Å². The Kier molecular flexibility index (Phi) is 8.04. The average molecular weight is 356 g/mol. The van der Waals surface area contributed by atoms with Crippen molar-refractivity contribution in [2.45, 2.75) is 45.6 Å². The lowest BCUT2D eigenvalue weighted by Crippen LogP contribution is -2.38. The molecule has 0 bridgehead atoms. The van der Waals surface area contributed by atoms with Gasteiger partial charge in [-0.05, 0) is 37.1 Å². The van der Waals surface area contributed by atoms with Gasteiger partial charge in [0.15, 0.2) is 6.10 Å². The van der Waals surface area contributed by atoms with Gasteiger partial charge in [0.2, 0.25) is 10.0 Å². The molecule has 0 heterocycles. The molecule has 0 fully saturated rings. The fourth-order valence-electron chi connectivity index (χ4n) is 2.11. The molecule has 0 aromatic heterocycles. The lowest BCUT2D eigenvalue weighted by Gasteiger charge is -2.19. The van der Waals surface area contributed by atoms with Crippen molar-refractivity contribution in [3.63, 3.8) is 0 Å². The van der Waals surface area contributed by atoms with E-state index in [0.29, 0.717) is 24.4 Å². The summed E-state index contributed by atoms with van der Waals surface area (Å²) in [6.07, 6.45) is 4.32. The third-order valence-corrected chi connectivity index (χ3v) is 4.92. The molecule has 6 nitrogen and oxygen atoms in total. The van der Waals surface area contributed by atoms with Crippen molar-refractivity contribution in [1.82, 2.24) is 5.32 Å². The van der Waals surface area contributed by atoms with Gasteiger partial charge in [0.05, 0.1) is 11.9 Å². The van der Waals surface area contributed by atoms with Gasteiger partial charge >= 0.3 is 0 Å². The summed E-state index contributed by atoms with van der Waals surface area (Å²) < 4.78 is 29.9. The van der Waals surface area contributed by atoms with Gasteiger partial charge in [-0.25, -0.2) is 8.42 Å². The van der Waals surface area contributed by atoms with E-state index in [4.69, 9.17) is 4.74 Å². The van der Waals surface area contributed by atoms with Crippen LogP contribution in [0, 0.1) is 0 Å². The topological polar surface area (TPSA) is 75.7 Å². The molecule has 1 N–H and O–H groups in total. The Morgan fingerprint density at radius 1 is 1.21 bits per heavy atom. The van der Waals surface area contributed by atoms with Crippen LogP contribution in [-0.2, 0) is 14.8 Å². The highest BCUT2D eigenvalue weighted by Gasteiger charge is 2.18. The van der Waals surface area contributed by atoms with Gasteiger partial charge in [-0.1, -0.05) is 26.7 Å². The smallest absolute Gasteiger partial charge is 0.261 e. The highest BCUT2D eigenvalue weighted by molar-refractivity contribution is 7.92. The Labute approximate surface area is 145 Å². The average Bonchev–Trinajstić information content (AvgIpc) is 2.55. The first kappa shape index (κ1) is 20.3. The number of carbonyl (C=O) groups is 1. The molecule has 0 unspecified atom stereocenters. The number of sulfonamides is 1. The van der Waals surface area contributed by atoms with Gasteiger partial charge in [0, 0.05) is 13.6 Å². The number of nitrogens with zero attached hydrogens (tertiary/aromatic N) is 1. The maximum absolute atomic E-state index is 12.1. The van der Waals surface area contributed by atoms with Crippen LogP contribution in [0.5, 0.6) is 5.75 Å². The minimum atomic E-state index is -3.30. The van der Waals surface area contributed by atoms with Crippen molar-refractivity contribution < 1.29 is 17.9 Å². The van der Waals surface area contributed by atoms with Gasteiger partial charge in [-0.3, -0.25) is 9.10 Å². The van der Waals surface area contributed by atoms with E-state index in [2.05, 4.69) is 12.2 Å². The number of anilines is 1. The van der Waals surface area contributed by atoms with Crippen molar-refractivity contribution in [3.05, 3.63) is 24.3 Å². The van der Waals surface area contributed by atoms with E-state index >= 15 is 0 Å². The van der Waals surface area contributed by atoms with E-state index in [0.717, 1.165) is 25.5 Å². The summed E-state index contributed by atoms with van der Waals surface area (Å²) in [6, 6.07) is 6.65. The molecule has 0 aliphatic rings. The number of rotatable bonds is 10. The van der Waals surface area contributed by atoms with E-state index < -0.39 is 16.1 Å². The number of carbonyl (C=O) groups excluding carboxylic acids is 1. The second-order valence-corrected chi connectivity index (χ2v) is 7.75. The van der Waals surface area contributed by atoms with Gasteiger partial charge < -0.3 is 10.1 Å². The molecule has 0 saturated carbocycles. The summed E-state index contributed by atoms with van der Waals surface area (Å²) in [4.78, 5) is 12.1. The molecule has 1 amide bonds. The summed E-state index contributed by atoms with van der Waals surface area (Å²) >= 11 is 0. The molecule has 0 aliphatic carbocycles. The molecule has 7 heteroatoms. The third-order valence-electron chi connectivity index (χ3n) is 3.72. The predicted molar refractivity (Wildman–Crippen MR) is 96.9 cm³/mol. The molecule has 1 aromatic rings. The van der Waals surface area contributed by atoms with Crippen LogP contribution in [0.15, 0.2) is 24.3 Å². The Morgan fingerprint density at radius 3 is 2.33 bits per heavy atom. The van der Waals surface area contributed by atoms with Crippen molar-refractivity contribution in [2.24, 2.45) is 0 Å². The molecule has 1 rings (SSSR count). The lowest BCUT2D eigenvalue weighted by atomic mass is 10.2. The van der Waals surface area contributed by atoms with Gasteiger partial charge in [-0.15, -0.1) is 0 Å². The summed E-state index contributed by atoms with van der Waals surface area (Å²) in [7, 11) is -1.81. The number of unbranched alkanes of at least 4 members (excludes halogenated alkanes) is 2. The van der Waals surface area contributed by atoms with Crippen molar-refractivity contribution in [3.8, 4) is 5.75 Å². The summed E-state index contributed by atoms with van der Waals surface area (Å²) in [5.41, 5.74) is 0.543. The van der Waals surface area contributed by atoms with Crippen molar-refractivity contribution in [2.75, 3.05) is 24.2 Å². The Balaban J connectivity index is 2.64. The largest absolute Gasteiger partial charge is 0.481 e. The van der Waals surface area contributed by atoms with E-state index in [1.165, 1.54) is 11.4 Å². The zero-order valence-electron chi connectivity index (χ0n) is 14.9. The minimum Gasteiger partial charge on any atom is -0.481 e. The highest BCUT2D eigenvalue weighted by Crippen LogP contribution is 2.21. The van der Waals surface area contributed by atoms with E-state index in [1.807, 2.05) is 6.92 Å². The van der Waals surface area contributed by atoms with Crippen LogP contribution in [0.25, 0.3) is 0 Å². The highest BCUT2D eigenvalue weighted by atomic mass is 32.2. The molecule has 136 valence electrons. The summed E-state index contributed by atoms with van der Waals surface area (Å²) in [5.74, 6) is 0.419. The molecular formula is C17H28N2O4S. The number of nitrogens with one attached hydrogen (secondary N) is 1. The van der Waals surface area contributed by atoms with Crippen LogP contribution in [-0.4, -0.2) is 40.3 Å². The predicted octanol–water partition coefficient (Wildman–Crippen LogP) is 2.55. The number of amides is 1. The maximum atomic E-state index is 12.1. The number of ether oxygens (including phenoxy) is 1. The van der Waals surface area contributed by atoms with Gasteiger partial charge in [-0.2, -0.15) is 0 Å². The van der Waals surface area contributed by atoms with Crippen molar-refractivity contribution in [1.29, 1.82) is 0 Å². The second-order valence-electron chi connectivity index (χ2n) is 5.74. The summed E-state index contributed by atoms with van der Waals surface area (Å²) in [6.45, 7) is 4.66. The number of hydrogen-bond donors (Lipinski definition) is 1. The molecule has 0 spiro atoms. The third kappa shape index (κ3) is 6.39. The Morgan fingerprint density at radius 2 is 1.83 bits per heavy atom. The Hall–Kier alpha value is -1.76. The minimum absolute atomic E-state index is 0.120.